The van der Waals surface area contributed by atoms with Crippen LogP contribution < -0.4 is 5.32 Å². The van der Waals surface area contributed by atoms with Crippen molar-refractivity contribution < 1.29 is 13.6 Å². The number of aromatic nitrogens is 2. The van der Waals surface area contributed by atoms with Crippen LogP contribution in [0.5, 0.6) is 0 Å². The minimum absolute atomic E-state index is 0.158. The van der Waals surface area contributed by atoms with Crippen LogP contribution in [0.15, 0.2) is 58.2 Å². The van der Waals surface area contributed by atoms with Crippen molar-refractivity contribution >= 4 is 17.7 Å². The molecule has 3 aromatic rings. The molecule has 1 aromatic heterocycles. The Labute approximate surface area is 155 Å². The Balaban J connectivity index is 1.55. The molecule has 1 heterocycles. The van der Waals surface area contributed by atoms with Gasteiger partial charge in [0, 0.05) is 12.1 Å². The molecule has 1 amide bonds. The van der Waals surface area contributed by atoms with Gasteiger partial charge in [0.2, 0.25) is 11.8 Å². The summed E-state index contributed by atoms with van der Waals surface area (Å²) in [6.07, 6.45) is 0. The fourth-order valence-electron chi connectivity index (χ4n) is 2.21. The normalized spacial score (nSPS) is 12.0. The van der Waals surface area contributed by atoms with E-state index in [0.29, 0.717) is 17.7 Å². The van der Waals surface area contributed by atoms with Gasteiger partial charge in [-0.25, -0.2) is 4.39 Å². The fraction of sp³-hybridized carbons (Fsp3) is 0.211. The van der Waals surface area contributed by atoms with E-state index in [1.807, 2.05) is 31.2 Å². The van der Waals surface area contributed by atoms with Gasteiger partial charge in [0.1, 0.15) is 5.82 Å². The quantitative estimate of drug-likeness (QED) is 0.664. The highest BCUT2D eigenvalue weighted by atomic mass is 32.2. The topological polar surface area (TPSA) is 68.0 Å². The summed E-state index contributed by atoms with van der Waals surface area (Å²) in [5, 5.41) is 10.8. The number of halogens is 1. The summed E-state index contributed by atoms with van der Waals surface area (Å²) < 4.78 is 18.5. The van der Waals surface area contributed by atoms with Crippen LogP contribution in [-0.2, 0) is 11.3 Å². The Morgan fingerprint density at radius 1 is 1.15 bits per heavy atom. The van der Waals surface area contributed by atoms with Gasteiger partial charge in [0.25, 0.3) is 5.22 Å². The number of aryl methyl sites for hydroxylation is 1. The number of thioether (sulfide) groups is 1. The lowest BCUT2D eigenvalue weighted by atomic mass is 10.1. The average Bonchev–Trinajstić information content (AvgIpc) is 3.10. The molecule has 1 atom stereocenters. The van der Waals surface area contributed by atoms with Gasteiger partial charge in [-0.3, -0.25) is 4.79 Å². The maximum atomic E-state index is 12.9. The molecule has 1 N–H and O–H groups in total. The lowest BCUT2D eigenvalue weighted by Crippen LogP contribution is -2.30. The average molecular weight is 371 g/mol. The van der Waals surface area contributed by atoms with Crippen LogP contribution >= 0.6 is 11.8 Å². The van der Waals surface area contributed by atoms with E-state index in [4.69, 9.17) is 4.42 Å². The van der Waals surface area contributed by atoms with Gasteiger partial charge in [0.05, 0.1) is 5.25 Å². The zero-order valence-corrected chi connectivity index (χ0v) is 15.2. The molecule has 26 heavy (non-hydrogen) atoms. The van der Waals surface area contributed by atoms with E-state index in [9.17, 15) is 9.18 Å². The first-order valence-electron chi connectivity index (χ1n) is 8.10. The number of nitrogens with zero attached hydrogens (tertiary/aromatic N) is 2. The molecule has 3 rings (SSSR count). The molecule has 7 heteroatoms. The second-order valence-corrected chi connectivity index (χ2v) is 7.14. The summed E-state index contributed by atoms with van der Waals surface area (Å²) in [4.78, 5) is 12.2. The van der Waals surface area contributed by atoms with Gasteiger partial charge in [0.15, 0.2) is 0 Å². The summed E-state index contributed by atoms with van der Waals surface area (Å²) in [5.74, 6) is -0.0365. The number of nitrogens with one attached hydrogen (secondary N) is 1. The monoisotopic (exact) mass is 371 g/mol. The molecule has 0 aliphatic heterocycles. The minimum atomic E-state index is -0.401. The first-order chi connectivity index (χ1) is 12.5. The summed E-state index contributed by atoms with van der Waals surface area (Å²) in [6, 6.07) is 13.8. The number of rotatable bonds is 6. The summed E-state index contributed by atoms with van der Waals surface area (Å²) in [7, 11) is 0. The largest absolute Gasteiger partial charge is 0.411 e. The van der Waals surface area contributed by atoms with E-state index >= 15 is 0 Å². The molecular formula is C19H18FN3O2S. The lowest BCUT2D eigenvalue weighted by molar-refractivity contribution is -0.120. The van der Waals surface area contributed by atoms with Crippen LogP contribution in [0.25, 0.3) is 11.5 Å². The Morgan fingerprint density at radius 2 is 1.85 bits per heavy atom. The standard InChI is InChI=1S/C19H18FN3O2S/c1-12-3-7-15(8-4-12)18-22-23-19(25-18)26-13(2)17(24)21-11-14-5-9-16(20)10-6-14/h3-10,13H,11H2,1-2H3,(H,21,24). The number of amides is 1. The Kier molecular flexibility index (Phi) is 5.68. The molecule has 0 saturated heterocycles. The number of hydrogen-bond acceptors (Lipinski definition) is 5. The molecule has 0 aliphatic carbocycles. The molecule has 0 bridgehead atoms. The molecular weight excluding hydrogens is 353 g/mol. The van der Waals surface area contributed by atoms with Gasteiger partial charge in [-0.05, 0) is 43.7 Å². The van der Waals surface area contributed by atoms with Gasteiger partial charge < -0.3 is 9.73 Å². The van der Waals surface area contributed by atoms with Crippen LogP contribution in [0, 0.1) is 12.7 Å². The molecule has 0 saturated carbocycles. The molecule has 2 aromatic carbocycles. The predicted molar refractivity (Wildman–Crippen MR) is 98.0 cm³/mol. The van der Waals surface area contributed by atoms with Crippen molar-refractivity contribution in [2.45, 2.75) is 30.9 Å². The third-order valence-corrected chi connectivity index (χ3v) is 4.67. The van der Waals surface area contributed by atoms with E-state index in [1.165, 1.54) is 23.9 Å². The van der Waals surface area contributed by atoms with Crippen molar-refractivity contribution in [2.75, 3.05) is 0 Å². The molecule has 0 spiro atoms. The van der Waals surface area contributed by atoms with Crippen LogP contribution in [0.2, 0.25) is 0 Å². The molecule has 0 aliphatic rings. The maximum Gasteiger partial charge on any atom is 0.277 e. The summed E-state index contributed by atoms with van der Waals surface area (Å²) in [6.45, 7) is 4.11. The third-order valence-electron chi connectivity index (χ3n) is 3.73. The van der Waals surface area contributed by atoms with E-state index in [0.717, 1.165) is 16.7 Å². The van der Waals surface area contributed by atoms with Crippen molar-refractivity contribution in [1.29, 1.82) is 0 Å². The predicted octanol–water partition coefficient (Wildman–Crippen LogP) is 3.98. The number of hydrogen-bond donors (Lipinski definition) is 1. The molecule has 1 unspecified atom stereocenters. The Bertz CT molecular complexity index is 879. The van der Waals surface area contributed by atoms with Crippen molar-refractivity contribution in [1.82, 2.24) is 15.5 Å². The van der Waals surface area contributed by atoms with E-state index in [1.54, 1.807) is 19.1 Å². The highest BCUT2D eigenvalue weighted by Crippen LogP contribution is 2.26. The molecule has 5 nitrogen and oxygen atoms in total. The lowest BCUT2D eigenvalue weighted by Gasteiger charge is -2.09. The van der Waals surface area contributed by atoms with Crippen LogP contribution in [0.4, 0.5) is 4.39 Å². The van der Waals surface area contributed by atoms with E-state index in [-0.39, 0.29) is 11.7 Å². The van der Waals surface area contributed by atoms with Gasteiger partial charge in [-0.2, -0.15) is 0 Å². The smallest absolute Gasteiger partial charge is 0.277 e. The summed E-state index contributed by atoms with van der Waals surface area (Å²) in [5.41, 5.74) is 2.81. The van der Waals surface area contributed by atoms with Gasteiger partial charge in [-0.1, -0.05) is 41.6 Å². The van der Waals surface area contributed by atoms with Gasteiger partial charge in [-0.15, -0.1) is 10.2 Å². The fourth-order valence-corrected chi connectivity index (χ4v) is 2.92. The molecule has 0 fully saturated rings. The first kappa shape index (κ1) is 18.1. The number of carbonyl (C=O) groups excluding carboxylic acids is 1. The van der Waals surface area contributed by atoms with Crippen LogP contribution in [-0.4, -0.2) is 21.4 Å². The van der Waals surface area contributed by atoms with Crippen LogP contribution in [0.3, 0.4) is 0 Å². The zero-order valence-electron chi connectivity index (χ0n) is 14.4. The van der Waals surface area contributed by atoms with E-state index < -0.39 is 5.25 Å². The van der Waals surface area contributed by atoms with Crippen LogP contribution in [0.1, 0.15) is 18.1 Å². The van der Waals surface area contributed by atoms with Crippen molar-refractivity contribution in [3.05, 3.63) is 65.5 Å². The second-order valence-electron chi connectivity index (χ2n) is 5.84. The SMILES string of the molecule is Cc1ccc(-c2nnc(SC(C)C(=O)NCc3ccc(F)cc3)o2)cc1. The second kappa shape index (κ2) is 8.14. The molecule has 134 valence electrons. The highest BCUT2D eigenvalue weighted by Gasteiger charge is 2.18. The van der Waals surface area contributed by atoms with Gasteiger partial charge >= 0.3 is 0 Å². The minimum Gasteiger partial charge on any atom is -0.411 e. The first-order valence-corrected chi connectivity index (χ1v) is 8.98. The number of benzene rings is 2. The zero-order chi connectivity index (χ0) is 18.5. The Morgan fingerprint density at radius 3 is 2.54 bits per heavy atom. The third kappa shape index (κ3) is 4.70. The van der Waals surface area contributed by atoms with Crippen molar-refractivity contribution in [3.63, 3.8) is 0 Å². The summed E-state index contributed by atoms with van der Waals surface area (Å²) >= 11 is 1.20. The maximum absolute atomic E-state index is 12.9. The Hall–Kier alpha value is -2.67. The molecule has 0 radical (unpaired) electrons. The van der Waals surface area contributed by atoms with E-state index in [2.05, 4.69) is 15.5 Å². The van der Waals surface area contributed by atoms with Crippen molar-refractivity contribution in [3.8, 4) is 11.5 Å². The van der Waals surface area contributed by atoms with Crippen molar-refractivity contribution in [2.24, 2.45) is 0 Å². The number of carbonyl (C=O) groups is 1. The highest BCUT2D eigenvalue weighted by molar-refractivity contribution is 8.00.